The Morgan fingerprint density at radius 3 is 2.63 bits per heavy atom. The molecule has 1 aliphatic carbocycles. The number of aliphatic carboxylic acids is 1. The molecule has 1 fully saturated rings. The Hall–Kier alpha value is -1.71. The molecule has 106 valence electrons. The second kappa shape index (κ2) is 4.76. The summed E-state index contributed by atoms with van der Waals surface area (Å²) in [6.07, 6.45) is -3.05. The van der Waals surface area contributed by atoms with E-state index in [2.05, 4.69) is 20.3 Å². The summed E-state index contributed by atoms with van der Waals surface area (Å²) in [5, 5.41) is 19.6. The predicted octanol–water partition coefficient (Wildman–Crippen LogP) is 0.716. The average Bonchev–Trinajstić information content (AvgIpc) is 2.62. The summed E-state index contributed by atoms with van der Waals surface area (Å²) in [5.74, 6) is -1.12. The number of carbonyl (C=O) groups is 1. The molecule has 10 heteroatoms. The molecule has 7 nitrogen and oxygen atoms in total. The number of hydrogen-bond acceptors (Lipinski definition) is 5. The van der Waals surface area contributed by atoms with E-state index in [1.54, 1.807) is 0 Å². The quantitative estimate of drug-likeness (QED) is 0.854. The van der Waals surface area contributed by atoms with Crippen LogP contribution in [0.1, 0.15) is 25.1 Å². The van der Waals surface area contributed by atoms with E-state index in [0.29, 0.717) is 19.3 Å². The zero-order valence-electron chi connectivity index (χ0n) is 9.72. The molecule has 1 aliphatic rings. The van der Waals surface area contributed by atoms with Gasteiger partial charge in [-0.2, -0.15) is 13.2 Å². The fraction of sp³-hybridized carbons (Fsp3) is 0.778. The zero-order valence-corrected chi connectivity index (χ0v) is 9.72. The lowest BCUT2D eigenvalue weighted by molar-refractivity contribution is -0.178. The van der Waals surface area contributed by atoms with Gasteiger partial charge >= 0.3 is 12.1 Å². The number of alkyl halides is 3. The van der Waals surface area contributed by atoms with Crippen LogP contribution in [0.4, 0.5) is 13.2 Å². The van der Waals surface area contributed by atoms with Crippen LogP contribution in [0.5, 0.6) is 0 Å². The number of ether oxygens (including phenoxy) is 1. The van der Waals surface area contributed by atoms with E-state index in [1.165, 1.54) is 0 Å². The van der Waals surface area contributed by atoms with Crippen molar-refractivity contribution in [1.29, 1.82) is 0 Å². The number of rotatable bonds is 5. The van der Waals surface area contributed by atoms with Crippen molar-refractivity contribution in [2.24, 2.45) is 0 Å². The fourth-order valence-electron chi connectivity index (χ4n) is 1.91. The molecular formula is C9H11F3N4O3. The molecule has 1 aromatic heterocycles. The Kier molecular flexibility index (Phi) is 3.43. The molecule has 0 amide bonds. The number of halogens is 3. The highest BCUT2D eigenvalue weighted by Gasteiger charge is 2.49. The smallest absolute Gasteiger partial charge is 0.411 e. The fourth-order valence-corrected chi connectivity index (χ4v) is 1.91. The lowest BCUT2D eigenvalue weighted by Gasteiger charge is -2.37. The van der Waals surface area contributed by atoms with E-state index < -0.39 is 30.9 Å². The first-order chi connectivity index (χ1) is 8.85. The Bertz CT molecular complexity index is 470. The molecule has 2 rings (SSSR count). The highest BCUT2D eigenvalue weighted by atomic mass is 19.4. The first-order valence-corrected chi connectivity index (χ1v) is 5.51. The van der Waals surface area contributed by atoms with Gasteiger partial charge in [-0.1, -0.05) is 0 Å². The molecule has 0 saturated heterocycles. The van der Waals surface area contributed by atoms with Gasteiger partial charge in [-0.3, -0.25) is 0 Å². The van der Waals surface area contributed by atoms with E-state index in [1.807, 2.05) is 0 Å². The highest BCUT2D eigenvalue weighted by molar-refractivity contribution is 5.77. The molecule has 0 bridgehead atoms. The number of hydrogen-bond donors (Lipinski definition) is 1. The third-order valence-electron chi connectivity index (χ3n) is 3.02. The average molecular weight is 280 g/mol. The first-order valence-electron chi connectivity index (χ1n) is 5.51. The third kappa shape index (κ3) is 2.67. The van der Waals surface area contributed by atoms with E-state index in [0.717, 1.165) is 4.68 Å². The van der Waals surface area contributed by atoms with E-state index in [9.17, 15) is 23.1 Å². The normalized spacial score (nSPS) is 18.1. The number of carboxylic acids is 1. The van der Waals surface area contributed by atoms with Crippen LogP contribution in [0.15, 0.2) is 0 Å². The maximum Gasteiger partial charge on any atom is 0.411 e. The summed E-state index contributed by atoms with van der Waals surface area (Å²) in [7, 11) is 0. The van der Waals surface area contributed by atoms with Gasteiger partial charge in [0.1, 0.15) is 13.2 Å². The van der Waals surface area contributed by atoms with Crippen LogP contribution >= 0.6 is 0 Å². The zero-order chi connectivity index (χ0) is 14.1. The van der Waals surface area contributed by atoms with Crippen molar-refractivity contribution in [3.8, 4) is 0 Å². The number of tetrazole rings is 1. The molecule has 0 atom stereocenters. The van der Waals surface area contributed by atoms with E-state index >= 15 is 0 Å². The van der Waals surface area contributed by atoms with Crippen molar-refractivity contribution in [3.63, 3.8) is 0 Å². The molecule has 0 spiro atoms. The topological polar surface area (TPSA) is 90.1 Å². The Morgan fingerprint density at radius 1 is 1.47 bits per heavy atom. The largest absolute Gasteiger partial charge is 0.479 e. The standard InChI is InChI=1S/C9H11F3N4O3/c10-9(11,12)5-19-4-6-13-14-15-16(6)8(7(17)18)2-1-3-8/h1-5H2,(H,17,18). The molecule has 0 radical (unpaired) electrons. The molecular weight excluding hydrogens is 269 g/mol. The Morgan fingerprint density at radius 2 is 2.16 bits per heavy atom. The second-order valence-corrected chi connectivity index (χ2v) is 4.31. The van der Waals surface area contributed by atoms with Crippen molar-refractivity contribution in [2.45, 2.75) is 37.6 Å². The molecule has 1 N–H and O–H groups in total. The van der Waals surface area contributed by atoms with Gasteiger partial charge in [-0.15, -0.1) is 5.10 Å². The minimum absolute atomic E-state index is 0.0219. The van der Waals surface area contributed by atoms with Gasteiger partial charge in [0.25, 0.3) is 0 Å². The van der Waals surface area contributed by atoms with Gasteiger partial charge in [0.05, 0.1) is 0 Å². The number of aromatic nitrogens is 4. The maximum absolute atomic E-state index is 11.9. The van der Waals surface area contributed by atoms with Crippen LogP contribution < -0.4 is 0 Å². The summed E-state index contributed by atoms with van der Waals surface area (Å²) >= 11 is 0. The van der Waals surface area contributed by atoms with Crippen LogP contribution in [0.25, 0.3) is 0 Å². The predicted molar refractivity (Wildman–Crippen MR) is 53.0 cm³/mol. The third-order valence-corrected chi connectivity index (χ3v) is 3.02. The van der Waals surface area contributed by atoms with Crippen molar-refractivity contribution in [2.75, 3.05) is 6.61 Å². The van der Waals surface area contributed by atoms with Crippen LogP contribution in [0, 0.1) is 0 Å². The molecule has 0 unspecified atom stereocenters. The van der Waals surface area contributed by atoms with Crippen LogP contribution in [-0.4, -0.2) is 44.1 Å². The van der Waals surface area contributed by atoms with Crippen molar-refractivity contribution in [1.82, 2.24) is 20.2 Å². The van der Waals surface area contributed by atoms with Gasteiger partial charge < -0.3 is 9.84 Å². The second-order valence-electron chi connectivity index (χ2n) is 4.31. The summed E-state index contributed by atoms with van der Waals surface area (Å²) < 4.78 is 41.3. The molecule has 1 heterocycles. The molecule has 0 aliphatic heterocycles. The summed E-state index contributed by atoms with van der Waals surface area (Å²) in [4.78, 5) is 11.3. The highest BCUT2D eigenvalue weighted by Crippen LogP contribution is 2.39. The number of nitrogens with zero attached hydrogens (tertiary/aromatic N) is 4. The lowest BCUT2D eigenvalue weighted by Crippen LogP contribution is -2.49. The van der Waals surface area contributed by atoms with Gasteiger partial charge in [0, 0.05) is 0 Å². The van der Waals surface area contributed by atoms with Crippen molar-refractivity contribution < 1.29 is 27.8 Å². The van der Waals surface area contributed by atoms with Crippen LogP contribution in [-0.2, 0) is 21.7 Å². The number of carboxylic acid groups (broad SMARTS) is 1. The Labute approximate surface area is 105 Å². The van der Waals surface area contributed by atoms with E-state index in [4.69, 9.17) is 0 Å². The summed E-state index contributed by atoms with van der Waals surface area (Å²) in [5.41, 5.74) is -1.25. The SMILES string of the molecule is O=C(O)C1(n2nnnc2COCC(F)(F)F)CCC1. The maximum atomic E-state index is 11.9. The minimum atomic E-state index is -4.45. The van der Waals surface area contributed by atoms with Gasteiger partial charge in [-0.05, 0) is 29.7 Å². The van der Waals surface area contributed by atoms with Crippen LogP contribution in [0.3, 0.4) is 0 Å². The van der Waals surface area contributed by atoms with Crippen molar-refractivity contribution >= 4 is 5.97 Å². The van der Waals surface area contributed by atoms with Crippen molar-refractivity contribution in [3.05, 3.63) is 5.82 Å². The summed E-state index contributed by atoms with van der Waals surface area (Å²) in [6.45, 7) is -1.92. The van der Waals surface area contributed by atoms with E-state index in [-0.39, 0.29) is 5.82 Å². The Balaban J connectivity index is 2.08. The molecule has 1 aromatic rings. The molecule has 0 aromatic carbocycles. The summed E-state index contributed by atoms with van der Waals surface area (Å²) in [6, 6.07) is 0. The molecule has 19 heavy (non-hydrogen) atoms. The van der Waals surface area contributed by atoms with Gasteiger partial charge in [0.15, 0.2) is 11.4 Å². The minimum Gasteiger partial charge on any atom is -0.479 e. The van der Waals surface area contributed by atoms with Crippen LogP contribution in [0.2, 0.25) is 0 Å². The lowest BCUT2D eigenvalue weighted by atomic mass is 9.77. The van der Waals surface area contributed by atoms with Gasteiger partial charge in [0.2, 0.25) is 0 Å². The molecule has 1 saturated carbocycles. The van der Waals surface area contributed by atoms with Gasteiger partial charge in [-0.25, -0.2) is 9.48 Å². The monoisotopic (exact) mass is 280 g/mol. The first kappa shape index (κ1) is 13.7.